The molecule has 1 amide bonds. The van der Waals surface area contributed by atoms with Gasteiger partial charge in [-0.05, 0) is 57.0 Å². The third-order valence-corrected chi connectivity index (χ3v) is 4.60. The average molecular weight is 348 g/mol. The molecule has 0 aliphatic heterocycles. The second-order valence-electron chi connectivity index (χ2n) is 6.44. The van der Waals surface area contributed by atoms with Gasteiger partial charge in [-0.2, -0.15) is 5.10 Å². The Labute approximate surface area is 154 Å². The number of para-hydroxylation sites is 1. The van der Waals surface area contributed by atoms with Crippen molar-refractivity contribution in [3.8, 4) is 5.69 Å². The number of benzene rings is 2. The van der Waals surface area contributed by atoms with Crippen molar-refractivity contribution in [2.75, 3.05) is 17.2 Å². The molecule has 2 aromatic carbocycles. The predicted molar refractivity (Wildman–Crippen MR) is 106 cm³/mol. The molecule has 2 N–H and O–H groups in total. The maximum absolute atomic E-state index is 12.4. The van der Waals surface area contributed by atoms with Crippen LogP contribution in [0.2, 0.25) is 0 Å². The summed E-state index contributed by atoms with van der Waals surface area (Å²) in [6.07, 6.45) is 0. The van der Waals surface area contributed by atoms with Crippen LogP contribution in [0, 0.1) is 27.7 Å². The number of carbonyl (C=O) groups excluding carboxylic acids is 1. The van der Waals surface area contributed by atoms with Gasteiger partial charge >= 0.3 is 0 Å². The number of amides is 1. The first-order valence-electron chi connectivity index (χ1n) is 8.69. The fraction of sp³-hybridized carbons (Fsp3) is 0.238. The maximum Gasteiger partial charge on any atom is 0.243 e. The highest BCUT2D eigenvalue weighted by Crippen LogP contribution is 2.23. The number of aryl methyl sites for hydroxylation is 2. The van der Waals surface area contributed by atoms with Gasteiger partial charge in [0, 0.05) is 5.69 Å². The zero-order chi connectivity index (χ0) is 18.7. The lowest BCUT2D eigenvalue weighted by atomic mass is 10.1. The third kappa shape index (κ3) is 3.61. The summed E-state index contributed by atoms with van der Waals surface area (Å²) in [6.45, 7) is 8.18. The molecule has 0 bridgehead atoms. The van der Waals surface area contributed by atoms with E-state index in [-0.39, 0.29) is 12.5 Å². The zero-order valence-electron chi connectivity index (χ0n) is 15.6. The van der Waals surface area contributed by atoms with Crippen molar-refractivity contribution in [3.63, 3.8) is 0 Å². The molecule has 1 aromatic heterocycles. The van der Waals surface area contributed by atoms with Gasteiger partial charge in [-0.25, -0.2) is 4.68 Å². The third-order valence-electron chi connectivity index (χ3n) is 4.60. The number of aromatic nitrogens is 2. The van der Waals surface area contributed by atoms with Crippen LogP contribution in [0.5, 0.6) is 0 Å². The fourth-order valence-corrected chi connectivity index (χ4v) is 2.95. The van der Waals surface area contributed by atoms with Crippen molar-refractivity contribution >= 4 is 17.3 Å². The number of hydrogen-bond donors (Lipinski definition) is 2. The number of nitrogens with one attached hydrogen (secondary N) is 2. The van der Waals surface area contributed by atoms with E-state index in [2.05, 4.69) is 28.7 Å². The molecule has 3 aromatic rings. The number of hydrogen-bond acceptors (Lipinski definition) is 3. The van der Waals surface area contributed by atoms with E-state index in [1.807, 2.05) is 67.9 Å². The second kappa shape index (κ2) is 7.44. The standard InChI is InChI=1S/C21H24N4O/c1-14-9-8-12-19(15(14)2)22-13-20(26)23-21-16(3)24-25(17(21)4)18-10-6-5-7-11-18/h5-12,22H,13H2,1-4H3,(H,23,26). The first-order chi connectivity index (χ1) is 12.5. The molecule has 0 aliphatic carbocycles. The van der Waals surface area contributed by atoms with E-state index in [0.29, 0.717) is 0 Å². The van der Waals surface area contributed by atoms with E-state index in [9.17, 15) is 4.79 Å². The van der Waals surface area contributed by atoms with Gasteiger partial charge in [-0.1, -0.05) is 30.3 Å². The Morgan fingerprint density at radius 1 is 1.00 bits per heavy atom. The largest absolute Gasteiger partial charge is 0.376 e. The Kier molecular flexibility index (Phi) is 5.07. The summed E-state index contributed by atoms with van der Waals surface area (Å²) < 4.78 is 1.85. The molecule has 134 valence electrons. The molecule has 0 atom stereocenters. The van der Waals surface area contributed by atoms with Crippen LogP contribution >= 0.6 is 0 Å². The number of anilines is 2. The number of carbonyl (C=O) groups is 1. The first kappa shape index (κ1) is 17.7. The maximum atomic E-state index is 12.4. The topological polar surface area (TPSA) is 59.0 Å². The molecule has 26 heavy (non-hydrogen) atoms. The lowest BCUT2D eigenvalue weighted by molar-refractivity contribution is -0.114. The fourth-order valence-electron chi connectivity index (χ4n) is 2.95. The van der Waals surface area contributed by atoms with Crippen LogP contribution in [0.15, 0.2) is 48.5 Å². The molecule has 0 unspecified atom stereocenters. The lowest BCUT2D eigenvalue weighted by Crippen LogP contribution is -2.22. The van der Waals surface area contributed by atoms with Gasteiger partial charge in [0.25, 0.3) is 0 Å². The van der Waals surface area contributed by atoms with Crippen molar-refractivity contribution in [2.24, 2.45) is 0 Å². The quantitative estimate of drug-likeness (QED) is 0.728. The Bertz CT molecular complexity index is 929. The van der Waals surface area contributed by atoms with Crippen LogP contribution in [-0.4, -0.2) is 22.2 Å². The summed E-state index contributed by atoms with van der Waals surface area (Å²) in [5.74, 6) is -0.0929. The molecule has 1 heterocycles. The van der Waals surface area contributed by atoms with Crippen molar-refractivity contribution < 1.29 is 4.79 Å². The molecule has 0 saturated heterocycles. The van der Waals surface area contributed by atoms with Gasteiger partial charge in [0.15, 0.2) is 0 Å². The van der Waals surface area contributed by atoms with Crippen LogP contribution in [-0.2, 0) is 4.79 Å². The van der Waals surface area contributed by atoms with Crippen molar-refractivity contribution in [1.29, 1.82) is 0 Å². The molecule has 3 rings (SSSR count). The van der Waals surface area contributed by atoms with Gasteiger partial charge in [0.05, 0.1) is 29.3 Å². The van der Waals surface area contributed by atoms with Crippen LogP contribution in [0.4, 0.5) is 11.4 Å². The Morgan fingerprint density at radius 3 is 2.46 bits per heavy atom. The minimum atomic E-state index is -0.0929. The molecular weight excluding hydrogens is 324 g/mol. The molecule has 0 saturated carbocycles. The molecule has 0 fully saturated rings. The lowest BCUT2D eigenvalue weighted by Gasteiger charge is -2.12. The van der Waals surface area contributed by atoms with Crippen molar-refractivity contribution in [3.05, 3.63) is 71.0 Å². The molecule has 5 heteroatoms. The van der Waals surface area contributed by atoms with Crippen molar-refractivity contribution in [2.45, 2.75) is 27.7 Å². The van der Waals surface area contributed by atoms with E-state index in [1.54, 1.807) is 0 Å². The SMILES string of the molecule is Cc1cccc(NCC(=O)Nc2c(C)nn(-c3ccccc3)c2C)c1C. The molecular formula is C21H24N4O. The number of nitrogens with zero attached hydrogens (tertiary/aromatic N) is 2. The van der Waals surface area contributed by atoms with Gasteiger partial charge in [-0.15, -0.1) is 0 Å². The first-order valence-corrected chi connectivity index (χ1v) is 8.69. The van der Waals surface area contributed by atoms with Crippen LogP contribution in [0.1, 0.15) is 22.5 Å². The predicted octanol–water partition coefficient (Wildman–Crippen LogP) is 4.16. The average Bonchev–Trinajstić information content (AvgIpc) is 2.92. The van der Waals surface area contributed by atoms with Crippen LogP contribution in [0.25, 0.3) is 5.69 Å². The highest BCUT2D eigenvalue weighted by molar-refractivity contribution is 5.95. The van der Waals surface area contributed by atoms with Crippen LogP contribution < -0.4 is 10.6 Å². The van der Waals surface area contributed by atoms with Gasteiger partial charge in [0.1, 0.15) is 0 Å². The summed E-state index contributed by atoms with van der Waals surface area (Å²) in [4.78, 5) is 12.4. The Morgan fingerprint density at radius 2 is 1.73 bits per heavy atom. The second-order valence-corrected chi connectivity index (χ2v) is 6.44. The summed E-state index contributed by atoms with van der Waals surface area (Å²) >= 11 is 0. The Hall–Kier alpha value is -3.08. The summed E-state index contributed by atoms with van der Waals surface area (Å²) in [5.41, 5.74) is 6.79. The highest BCUT2D eigenvalue weighted by Gasteiger charge is 2.15. The normalized spacial score (nSPS) is 10.6. The zero-order valence-corrected chi connectivity index (χ0v) is 15.6. The summed E-state index contributed by atoms with van der Waals surface area (Å²) in [5, 5.41) is 10.8. The molecule has 0 radical (unpaired) electrons. The Balaban J connectivity index is 1.72. The van der Waals surface area contributed by atoms with E-state index in [4.69, 9.17) is 0 Å². The molecule has 5 nitrogen and oxygen atoms in total. The minimum absolute atomic E-state index is 0.0929. The molecule has 0 aliphatic rings. The molecule has 0 spiro atoms. The number of rotatable bonds is 5. The van der Waals surface area contributed by atoms with E-state index in [1.165, 1.54) is 5.56 Å². The highest BCUT2D eigenvalue weighted by atomic mass is 16.1. The summed E-state index contributed by atoms with van der Waals surface area (Å²) in [6, 6.07) is 15.9. The summed E-state index contributed by atoms with van der Waals surface area (Å²) in [7, 11) is 0. The van der Waals surface area contributed by atoms with Gasteiger partial charge < -0.3 is 10.6 Å². The smallest absolute Gasteiger partial charge is 0.243 e. The van der Waals surface area contributed by atoms with E-state index >= 15 is 0 Å². The monoisotopic (exact) mass is 348 g/mol. The van der Waals surface area contributed by atoms with Gasteiger partial charge in [-0.3, -0.25) is 4.79 Å². The van der Waals surface area contributed by atoms with Crippen molar-refractivity contribution in [1.82, 2.24) is 9.78 Å². The minimum Gasteiger partial charge on any atom is -0.376 e. The van der Waals surface area contributed by atoms with Crippen LogP contribution in [0.3, 0.4) is 0 Å². The van der Waals surface area contributed by atoms with E-state index < -0.39 is 0 Å². The van der Waals surface area contributed by atoms with E-state index in [0.717, 1.165) is 34.0 Å². The van der Waals surface area contributed by atoms with Gasteiger partial charge in [0.2, 0.25) is 5.91 Å².